The third-order valence-corrected chi connectivity index (χ3v) is 5.46. The van der Waals surface area contributed by atoms with Crippen LogP contribution in [0, 0.1) is 0 Å². The summed E-state index contributed by atoms with van der Waals surface area (Å²) >= 11 is 5.60. The van der Waals surface area contributed by atoms with E-state index in [-0.39, 0.29) is 30.1 Å². The molecule has 0 heterocycles. The zero-order valence-electron chi connectivity index (χ0n) is 15.6. The van der Waals surface area contributed by atoms with Crippen molar-refractivity contribution in [3.63, 3.8) is 0 Å². The monoisotopic (exact) mass is 449 g/mol. The van der Waals surface area contributed by atoms with E-state index >= 15 is 0 Å². The first-order valence-corrected chi connectivity index (χ1v) is 10.4. The van der Waals surface area contributed by atoms with Crippen LogP contribution in [0.2, 0.25) is 0 Å². The minimum atomic E-state index is -4.67. The van der Waals surface area contributed by atoms with Crippen molar-refractivity contribution in [1.29, 1.82) is 0 Å². The molecule has 0 aromatic heterocycles. The molecule has 0 radical (unpaired) electrons. The second-order valence-corrected chi connectivity index (χ2v) is 8.27. The summed E-state index contributed by atoms with van der Waals surface area (Å²) < 4.78 is 67.9. The Balaban J connectivity index is 2.18. The van der Waals surface area contributed by atoms with Gasteiger partial charge in [-0.2, -0.15) is 21.6 Å². The van der Waals surface area contributed by atoms with Gasteiger partial charge in [-0.3, -0.25) is 4.79 Å². The van der Waals surface area contributed by atoms with E-state index in [1.54, 1.807) is 17.0 Å². The van der Waals surface area contributed by atoms with Crippen LogP contribution in [0.4, 0.5) is 13.2 Å². The highest BCUT2D eigenvalue weighted by molar-refractivity contribution is 7.87. The smallest absolute Gasteiger partial charge is 0.379 e. The maximum absolute atomic E-state index is 12.8. The van der Waals surface area contributed by atoms with Gasteiger partial charge >= 0.3 is 16.3 Å². The number of carbonyl (C=O) groups is 1. The van der Waals surface area contributed by atoms with Crippen molar-refractivity contribution in [3.05, 3.63) is 59.7 Å². The fourth-order valence-corrected chi connectivity index (χ4v) is 3.62. The molecule has 0 bridgehead atoms. The molecule has 1 amide bonds. The van der Waals surface area contributed by atoms with Crippen LogP contribution in [-0.2, 0) is 27.6 Å². The molecular formula is C19H19ClF3NO4S. The summed E-state index contributed by atoms with van der Waals surface area (Å²) in [7, 11) is -4.44. The van der Waals surface area contributed by atoms with E-state index in [9.17, 15) is 26.4 Å². The zero-order chi connectivity index (χ0) is 21.8. The molecule has 10 heteroatoms. The van der Waals surface area contributed by atoms with Crippen LogP contribution in [0.3, 0.4) is 0 Å². The van der Waals surface area contributed by atoms with Crippen LogP contribution >= 0.6 is 11.6 Å². The van der Waals surface area contributed by atoms with Crippen LogP contribution in [0.1, 0.15) is 25.0 Å². The minimum absolute atomic E-state index is 0.0640. The second-order valence-electron chi connectivity index (χ2n) is 6.46. The van der Waals surface area contributed by atoms with Crippen molar-refractivity contribution >= 4 is 27.6 Å². The number of benzene rings is 2. The highest BCUT2D eigenvalue weighted by atomic mass is 35.5. The number of hydrogen-bond donors (Lipinski definition) is 0. The molecule has 0 atom stereocenters. The Bertz CT molecular complexity index is 960. The topological polar surface area (TPSA) is 63.7 Å². The number of hydrogen-bond acceptors (Lipinski definition) is 4. The number of nitrogens with zero attached hydrogens (tertiary/aromatic N) is 1. The lowest BCUT2D eigenvalue weighted by Crippen LogP contribution is -2.37. The number of amides is 1. The van der Waals surface area contributed by atoms with E-state index < -0.39 is 26.8 Å². The molecular weight excluding hydrogens is 431 g/mol. The molecule has 0 fully saturated rings. The lowest BCUT2D eigenvalue weighted by molar-refractivity contribution is -0.137. The molecule has 0 aliphatic heterocycles. The molecule has 158 valence electrons. The third-order valence-electron chi connectivity index (χ3n) is 3.99. The molecule has 0 spiro atoms. The van der Waals surface area contributed by atoms with E-state index in [2.05, 4.69) is 0 Å². The van der Waals surface area contributed by atoms with Crippen LogP contribution in [0.5, 0.6) is 5.75 Å². The molecule has 29 heavy (non-hydrogen) atoms. The standard InChI is InChI=1S/C19H19ClF3NO4S/c1-13(2)24(18(25)11-20)12-14-6-8-16(9-7-14)28-29(26,27)17-5-3-4-15(10-17)19(21,22)23/h3-10,13H,11-12H2,1-2H3. The predicted molar refractivity (Wildman–Crippen MR) is 102 cm³/mol. The summed E-state index contributed by atoms with van der Waals surface area (Å²) in [6, 6.07) is 9.08. The molecule has 0 saturated carbocycles. The first-order chi connectivity index (χ1) is 13.4. The van der Waals surface area contributed by atoms with Gasteiger partial charge < -0.3 is 9.08 Å². The van der Waals surface area contributed by atoms with Crippen molar-refractivity contribution < 1.29 is 30.6 Å². The molecule has 5 nitrogen and oxygen atoms in total. The van der Waals surface area contributed by atoms with E-state index in [0.717, 1.165) is 18.2 Å². The largest absolute Gasteiger partial charge is 0.416 e. The normalized spacial score (nSPS) is 12.1. The fraction of sp³-hybridized carbons (Fsp3) is 0.316. The Hall–Kier alpha value is -2.26. The van der Waals surface area contributed by atoms with Gasteiger partial charge in [0.1, 0.15) is 16.5 Å². The SMILES string of the molecule is CC(C)N(Cc1ccc(OS(=O)(=O)c2cccc(C(F)(F)F)c2)cc1)C(=O)CCl. The van der Waals surface area contributed by atoms with Crippen molar-refractivity contribution in [2.75, 3.05) is 5.88 Å². The molecule has 0 saturated heterocycles. The third kappa shape index (κ3) is 6.11. The number of rotatable bonds is 7. The Morgan fingerprint density at radius 2 is 1.76 bits per heavy atom. The summed E-state index contributed by atoms with van der Waals surface area (Å²) in [6.45, 7) is 3.94. The van der Waals surface area contributed by atoms with Crippen LogP contribution in [0.15, 0.2) is 53.4 Å². The van der Waals surface area contributed by atoms with Gasteiger partial charge in [0.05, 0.1) is 5.56 Å². The number of alkyl halides is 4. The van der Waals surface area contributed by atoms with E-state index in [1.807, 2.05) is 13.8 Å². The molecule has 0 N–H and O–H groups in total. The van der Waals surface area contributed by atoms with Crippen LogP contribution < -0.4 is 4.18 Å². The lowest BCUT2D eigenvalue weighted by Gasteiger charge is -2.26. The van der Waals surface area contributed by atoms with Gasteiger partial charge in [-0.1, -0.05) is 18.2 Å². The van der Waals surface area contributed by atoms with Crippen molar-refractivity contribution in [3.8, 4) is 5.75 Å². The molecule has 0 aliphatic carbocycles. The lowest BCUT2D eigenvalue weighted by atomic mass is 10.2. The predicted octanol–water partition coefficient (Wildman–Crippen LogP) is 4.45. The molecule has 0 unspecified atom stereocenters. The van der Waals surface area contributed by atoms with Crippen LogP contribution in [-0.4, -0.2) is 31.1 Å². The maximum Gasteiger partial charge on any atom is 0.416 e. The highest BCUT2D eigenvalue weighted by Gasteiger charge is 2.32. The Morgan fingerprint density at radius 1 is 1.14 bits per heavy atom. The van der Waals surface area contributed by atoms with E-state index in [4.69, 9.17) is 15.8 Å². The Morgan fingerprint density at radius 3 is 2.28 bits per heavy atom. The van der Waals surface area contributed by atoms with Gasteiger partial charge in [0.2, 0.25) is 5.91 Å². The minimum Gasteiger partial charge on any atom is -0.379 e. The average Bonchev–Trinajstić information content (AvgIpc) is 2.65. The van der Waals surface area contributed by atoms with Gasteiger partial charge in [0, 0.05) is 12.6 Å². The average molecular weight is 450 g/mol. The summed E-state index contributed by atoms with van der Waals surface area (Å²) in [6.07, 6.45) is -4.67. The first-order valence-electron chi connectivity index (χ1n) is 8.50. The molecule has 2 rings (SSSR count). The summed E-state index contributed by atoms with van der Waals surface area (Å²) in [5.74, 6) is -0.464. The summed E-state index contributed by atoms with van der Waals surface area (Å²) in [5.41, 5.74) is -0.378. The summed E-state index contributed by atoms with van der Waals surface area (Å²) in [5, 5.41) is 0. The highest BCUT2D eigenvalue weighted by Crippen LogP contribution is 2.31. The van der Waals surface area contributed by atoms with Gasteiger partial charge in [-0.15, -0.1) is 11.6 Å². The Kier molecular flexibility index (Phi) is 7.18. The van der Waals surface area contributed by atoms with E-state index in [0.29, 0.717) is 11.6 Å². The van der Waals surface area contributed by atoms with Crippen LogP contribution in [0.25, 0.3) is 0 Å². The van der Waals surface area contributed by atoms with Gasteiger partial charge in [0.25, 0.3) is 0 Å². The second kappa shape index (κ2) is 9.04. The molecule has 2 aromatic rings. The molecule has 2 aromatic carbocycles. The van der Waals surface area contributed by atoms with Crippen molar-refractivity contribution in [2.45, 2.75) is 37.5 Å². The fourth-order valence-electron chi connectivity index (χ4n) is 2.49. The number of halogens is 4. The van der Waals surface area contributed by atoms with Gasteiger partial charge in [0.15, 0.2) is 0 Å². The Labute approximate surface area is 172 Å². The van der Waals surface area contributed by atoms with Crippen molar-refractivity contribution in [2.24, 2.45) is 0 Å². The van der Waals surface area contributed by atoms with Gasteiger partial charge in [-0.05, 0) is 49.7 Å². The number of carbonyl (C=O) groups excluding carboxylic acids is 1. The quantitative estimate of drug-likeness (QED) is 0.463. The molecule has 0 aliphatic rings. The van der Waals surface area contributed by atoms with E-state index in [1.165, 1.54) is 12.1 Å². The summed E-state index contributed by atoms with van der Waals surface area (Å²) in [4.78, 5) is 12.8. The van der Waals surface area contributed by atoms with Crippen molar-refractivity contribution in [1.82, 2.24) is 4.90 Å². The first kappa shape index (κ1) is 23.0. The zero-order valence-corrected chi connectivity index (χ0v) is 17.2. The van der Waals surface area contributed by atoms with Gasteiger partial charge in [-0.25, -0.2) is 0 Å². The maximum atomic E-state index is 12.8.